The van der Waals surface area contributed by atoms with E-state index in [0.717, 1.165) is 17.1 Å². The van der Waals surface area contributed by atoms with Crippen LogP contribution in [-0.4, -0.2) is 23.0 Å². The highest BCUT2D eigenvalue weighted by atomic mass is 16.2. The zero-order chi connectivity index (χ0) is 12.5. The molecule has 2 aromatic rings. The van der Waals surface area contributed by atoms with Crippen LogP contribution in [0.3, 0.4) is 0 Å². The number of carbonyl (C=O) groups excluding carboxylic acids is 1. The number of benzene rings is 1. The maximum absolute atomic E-state index is 12.3. The van der Waals surface area contributed by atoms with Crippen molar-refractivity contribution in [2.45, 2.75) is 6.54 Å². The van der Waals surface area contributed by atoms with Crippen molar-refractivity contribution in [1.29, 1.82) is 0 Å². The van der Waals surface area contributed by atoms with Gasteiger partial charge in [-0.3, -0.25) is 0 Å². The Morgan fingerprint density at radius 3 is 2.67 bits per heavy atom. The highest BCUT2D eigenvalue weighted by Gasteiger charge is 2.29. The molecular weight excluding hydrogens is 226 g/mol. The van der Waals surface area contributed by atoms with E-state index >= 15 is 0 Å². The number of nitrogens with zero attached hydrogens (tertiary/aromatic N) is 3. The van der Waals surface area contributed by atoms with E-state index in [0.29, 0.717) is 6.54 Å². The largest absolute Gasteiger partial charge is 0.330 e. The number of amides is 2. The van der Waals surface area contributed by atoms with Crippen LogP contribution in [0, 0.1) is 0 Å². The van der Waals surface area contributed by atoms with Crippen molar-refractivity contribution in [3.63, 3.8) is 0 Å². The van der Waals surface area contributed by atoms with E-state index in [1.54, 1.807) is 23.0 Å². The number of fused-ring (bicyclic) bond motifs is 1. The lowest BCUT2D eigenvalue weighted by Crippen LogP contribution is -2.42. The molecule has 1 aromatic heterocycles. The summed E-state index contributed by atoms with van der Waals surface area (Å²) in [5, 5.41) is 0. The van der Waals surface area contributed by atoms with E-state index in [4.69, 9.17) is 0 Å². The third-order valence-corrected chi connectivity index (χ3v) is 3.02. The summed E-state index contributed by atoms with van der Waals surface area (Å²) in [6, 6.07) is 13.4. The number of carbonyl (C=O) groups is 1. The number of aromatic nitrogens is 1. The fourth-order valence-electron chi connectivity index (χ4n) is 2.15. The van der Waals surface area contributed by atoms with E-state index in [-0.39, 0.29) is 6.03 Å². The van der Waals surface area contributed by atoms with Crippen molar-refractivity contribution in [3.05, 3.63) is 54.2 Å². The van der Waals surface area contributed by atoms with Crippen molar-refractivity contribution in [2.24, 2.45) is 0 Å². The summed E-state index contributed by atoms with van der Waals surface area (Å²) in [6.07, 6.45) is 1.72. The lowest BCUT2D eigenvalue weighted by molar-refractivity contribution is 0.213. The van der Waals surface area contributed by atoms with Gasteiger partial charge in [0, 0.05) is 18.8 Å². The lowest BCUT2D eigenvalue weighted by Gasteiger charge is -2.33. The summed E-state index contributed by atoms with van der Waals surface area (Å²) in [6.45, 7) is 0.603. The Morgan fingerprint density at radius 2 is 1.89 bits per heavy atom. The van der Waals surface area contributed by atoms with Gasteiger partial charge < -0.3 is 4.90 Å². The second-order valence-electron chi connectivity index (χ2n) is 4.30. The number of hydrogen-bond donors (Lipinski definition) is 0. The molecule has 0 radical (unpaired) electrons. The molecule has 0 saturated heterocycles. The van der Waals surface area contributed by atoms with Gasteiger partial charge in [0.1, 0.15) is 5.82 Å². The summed E-state index contributed by atoms with van der Waals surface area (Å²) in [5.74, 6) is 0.729. The first-order valence-corrected chi connectivity index (χ1v) is 5.81. The van der Waals surface area contributed by atoms with Crippen LogP contribution in [0.4, 0.5) is 16.3 Å². The topological polar surface area (TPSA) is 36.4 Å². The quantitative estimate of drug-likeness (QED) is 0.767. The Morgan fingerprint density at radius 1 is 1.11 bits per heavy atom. The smallest absolute Gasteiger partial charge is 0.323 e. The Labute approximate surface area is 105 Å². The van der Waals surface area contributed by atoms with Gasteiger partial charge in [0.05, 0.1) is 12.2 Å². The third kappa shape index (κ3) is 1.62. The minimum absolute atomic E-state index is 0.0487. The molecule has 0 aliphatic carbocycles. The second kappa shape index (κ2) is 4.14. The highest BCUT2D eigenvalue weighted by Crippen LogP contribution is 2.31. The minimum atomic E-state index is -0.0487. The summed E-state index contributed by atoms with van der Waals surface area (Å²) in [4.78, 5) is 20.0. The Bertz CT molecular complexity index is 583. The average molecular weight is 239 g/mol. The molecule has 3 rings (SSSR count). The second-order valence-corrected chi connectivity index (χ2v) is 4.30. The molecule has 1 aromatic carbocycles. The first kappa shape index (κ1) is 10.8. The third-order valence-electron chi connectivity index (χ3n) is 3.02. The number of pyridine rings is 1. The molecule has 0 fully saturated rings. The zero-order valence-electron chi connectivity index (χ0n) is 10.1. The SMILES string of the molecule is CN1Cc2cccnc2N(c2ccccc2)C1=O. The molecular formula is C14H13N3O. The Balaban J connectivity index is 2.15. The molecule has 4 heteroatoms. The van der Waals surface area contributed by atoms with Gasteiger partial charge in [-0.25, -0.2) is 14.7 Å². The first-order valence-electron chi connectivity index (χ1n) is 5.81. The maximum atomic E-state index is 12.3. The fraction of sp³-hybridized carbons (Fsp3) is 0.143. The normalized spacial score (nSPS) is 14.6. The molecule has 0 unspecified atom stereocenters. The van der Waals surface area contributed by atoms with Gasteiger partial charge in [-0.1, -0.05) is 24.3 Å². The molecule has 90 valence electrons. The van der Waals surface area contributed by atoms with Crippen LogP contribution in [0.15, 0.2) is 48.7 Å². The van der Waals surface area contributed by atoms with Crippen LogP contribution in [0.5, 0.6) is 0 Å². The van der Waals surface area contributed by atoms with Crippen LogP contribution in [-0.2, 0) is 6.54 Å². The molecule has 0 saturated carbocycles. The standard InChI is InChI=1S/C14H13N3O/c1-16-10-11-6-5-9-15-13(11)17(14(16)18)12-7-3-2-4-8-12/h2-9H,10H2,1H3. The van der Waals surface area contributed by atoms with Gasteiger partial charge in [0.15, 0.2) is 0 Å². The number of rotatable bonds is 1. The Hall–Kier alpha value is -2.36. The van der Waals surface area contributed by atoms with Gasteiger partial charge in [0.2, 0.25) is 0 Å². The van der Waals surface area contributed by atoms with Gasteiger partial charge in [-0.15, -0.1) is 0 Å². The number of hydrogen-bond acceptors (Lipinski definition) is 2. The van der Waals surface area contributed by atoms with Gasteiger partial charge >= 0.3 is 6.03 Å². The van der Waals surface area contributed by atoms with Crippen molar-refractivity contribution < 1.29 is 4.79 Å². The van der Waals surface area contributed by atoms with E-state index < -0.39 is 0 Å². The molecule has 0 atom stereocenters. The van der Waals surface area contributed by atoms with E-state index in [1.807, 2.05) is 42.5 Å². The van der Waals surface area contributed by atoms with Gasteiger partial charge in [-0.2, -0.15) is 0 Å². The van der Waals surface area contributed by atoms with Crippen molar-refractivity contribution in [3.8, 4) is 0 Å². The Kier molecular flexibility index (Phi) is 2.48. The summed E-state index contributed by atoms with van der Waals surface area (Å²) < 4.78 is 0. The van der Waals surface area contributed by atoms with Crippen molar-refractivity contribution in [2.75, 3.05) is 11.9 Å². The maximum Gasteiger partial charge on any atom is 0.330 e. The molecule has 1 aliphatic heterocycles. The van der Waals surface area contributed by atoms with E-state index in [2.05, 4.69) is 4.98 Å². The predicted molar refractivity (Wildman–Crippen MR) is 69.7 cm³/mol. The van der Waals surface area contributed by atoms with Crippen molar-refractivity contribution >= 4 is 17.5 Å². The monoisotopic (exact) mass is 239 g/mol. The number of urea groups is 1. The number of para-hydroxylation sites is 1. The molecule has 0 N–H and O–H groups in total. The molecule has 18 heavy (non-hydrogen) atoms. The highest BCUT2D eigenvalue weighted by molar-refractivity contribution is 6.00. The van der Waals surface area contributed by atoms with Gasteiger partial charge in [-0.05, 0) is 18.2 Å². The van der Waals surface area contributed by atoms with Crippen LogP contribution < -0.4 is 4.90 Å². The first-order chi connectivity index (χ1) is 8.77. The summed E-state index contributed by atoms with van der Waals surface area (Å²) in [5.41, 5.74) is 1.90. The average Bonchev–Trinajstić information content (AvgIpc) is 2.41. The molecule has 4 nitrogen and oxygen atoms in total. The molecule has 0 bridgehead atoms. The van der Waals surface area contributed by atoms with Crippen LogP contribution >= 0.6 is 0 Å². The van der Waals surface area contributed by atoms with Crippen LogP contribution in [0.1, 0.15) is 5.56 Å². The number of anilines is 2. The molecule has 0 spiro atoms. The molecule has 2 amide bonds. The van der Waals surface area contributed by atoms with Crippen LogP contribution in [0.25, 0.3) is 0 Å². The summed E-state index contributed by atoms with van der Waals surface area (Å²) in [7, 11) is 1.80. The minimum Gasteiger partial charge on any atom is -0.323 e. The van der Waals surface area contributed by atoms with Gasteiger partial charge in [0.25, 0.3) is 0 Å². The summed E-state index contributed by atoms with van der Waals surface area (Å²) >= 11 is 0. The van der Waals surface area contributed by atoms with Crippen molar-refractivity contribution in [1.82, 2.24) is 9.88 Å². The lowest BCUT2D eigenvalue weighted by atomic mass is 10.1. The fourth-order valence-corrected chi connectivity index (χ4v) is 2.15. The van der Waals surface area contributed by atoms with E-state index in [1.165, 1.54) is 0 Å². The van der Waals surface area contributed by atoms with E-state index in [9.17, 15) is 4.79 Å². The zero-order valence-corrected chi connectivity index (χ0v) is 10.1. The van der Waals surface area contributed by atoms with Crippen LogP contribution in [0.2, 0.25) is 0 Å². The molecule has 2 heterocycles. The molecule has 1 aliphatic rings. The predicted octanol–water partition coefficient (Wildman–Crippen LogP) is 2.79.